The summed E-state index contributed by atoms with van der Waals surface area (Å²) >= 11 is 1.65. The molecule has 0 aliphatic heterocycles. The lowest BCUT2D eigenvalue weighted by Crippen LogP contribution is -2.32. The van der Waals surface area contributed by atoms with Gasteiger partial charge in [0, 0.05) is 31.2 Å². The van der Waals surface area contributed by atoms with Crippen LogP contribution < -0.4 is 5.32 Å². The molecule has 4 nitrogen and oxygen atoms in total. The number of carbonyl (C=O) groups is 1. The predicted octanol–water partition coefficient (Wildman–Crippen LogP) is 3.35. The number of hydrogen-bond donors (Lipinski definition) is 1. The summed E-state index contributed by atoms with van der Waals surface area (Å²) in [6.07, 6.45) is 2.11. The number of hydrogen-bond acceptors (Lipinski definition) is 4. The van der Waals surface area contributed by atoms with Crippen molar-refractivity contribution in [2.24, 2.45) is 0 Å². The Bertz CT molecular complexity index is 623. The van der Waals surface area contributed by atoms with Crippen molar-refractivity contribution < 1.29 is 13.9 Å². The molecule has 1 aromatic carbocycles. The zero-order valence-electron chi connectivity index (χ0n) is 13.6. The minimum atomic E-state index is -0.245. The van der Waals surface area contributed by atoms with Gasteiger partial charge in [-0.1, -0.05) is 18.2 Å². The molecule has 128 valence electrons. The van der Waals surface area contributed by atoms with Crippen LogP contribution >= 0.6 is 11.8 Å². The molecular formula is C18H21FN2O2S. The number of thioether (sulfide) groups is 1. The Hall–Kier alpha value is -1.92. The van der Waals surface area contributed by atoms with Gasteiger partial charge in [0.2, 0.25) is 5.91 Å². The van der Waals surface area contributed by atoms with E-state index in [0.717, 1.165) is 17.0 Å². The van der Waals surface area contributed by atoms with E-state index in [9.17, 15) is 9.18 Å². The summed E-state index contributed by atoms with van der Waals surface area (Å²) < 4.78 is 18.0. The molecule has 0 spiro atoms. The Morgan fingerprint density at radius 1 is 1.29 bits per heavy atom. The Balaban J connectivity index is 1.74. The van der Waals surface area contributed by atoms with E-state index in [2.05, 4.69) is 10.3 Å². The molecular weight excluding hydrogens is 327 g/mol. The molecule has 1 aromatic heterocycles. The molecule has 0 aliphatic carbocycles. The first-order chi connectivity index (χ1) is 11.7. The van der Waals surface area contributed by atoms with E-state index < -0.39 is 0 Å². The molecule has 0 radical (unpaired) electrons. The maximum atomic E-state index is 12.8. The number of benzene rings is 1. The molecule has 1 N–H and O–H groups in total. The van der Waals surface area contributed by atoms with Crippen molar-refractivity contribution in [1.82, 2.24) is 10.3 Å². The summed E-state index contributed by atoms with van der Waals surface area (Å²) in [5.74, 6) is 1.19. The van der Waals surface area contributed by atoms with Gasteiger partial charge in [-0.25, -0.2) is 4.39 Å². The molecule has 0 fully saturated rings. The Morgan fingerprint density at radius 3 is 2.75 bits per heavy atom. The molecule has 1 amide bonds. The van der Waals surface area contributed by atoms with Crippen molar-refractivity contribution in [2.45, 2.75) is 18.2 Å². The molecule has 0 saturated carbocycles. The van der Waals surface area contributed by atoms with E-state index in [-0.39, 0.29) is 17.8 Å². The average Bonchev–Trinajstić information content (AvgIpc) is 2.61. The van der Waals surface area contributed by atoms with Gasteiger partial charge in [0.1, 0.15) is 5.82 Å². The van der Waals surface area contributed by atoms with E-state index >= 15 is 0 Å². The maximum Gasteiger partial charge on any atom is 0.221 e. The summed E-state index contributed by atoms with van der Waals surface area (Å²) in [5.41, 5.74) is 1.83. The molecule has 0 unspecified atom stereocenters. The normalized spacial score (nSPS) is 11.9. The largest absolute Gasteiger partial charge is 0.382 e. The van der Waals surface area contributed by atoms with Gasteiger partial charge in [-0.2, -0.15) is 11.8 Å². The fourth-order valence-electron chi connectivity index (χ4n) is 2.15. The number of rotatable bonds is 9. The molecule has 1 atom stereocenters. The van der Waals surface area contributed by atoms with Crippen LogP contribution in [0.15, 0.2) is 48.7 Å². The molecule has 0 saturated heterocycles. The third kappa shape index (κ3) is 6.29. The highest BCUT2D eigenvalue weighted by molar-refractivity contribution is 7.98. The number of halogens is 1. The number of pyridine rings is 1. The number of ether oxygens (including phenoxy) is 1. The van der Waals surface area contributed by atoms with Gasteiger partial charge in [0.15, 0.2) is 0 Å². The molecule has 2 aromatic rings. The summed E-state index contributed by atoms with van der Waals surface area (Å²) in [6, 6.07) is 11.8. The first-order valence-corrected chi connectivity index (χ1v) is 8.86. The molecule has 24 heavy (non-hydrogen) atoms. The molecule has 1 heterocycles. The Kier molecular flexibility index (Phi) is 7.71. The SMILES string of the molecule is COC[C@@H](NC(=O)CCSCc1ccc(F)cc1)c1ccccn1. The smallest absolute Gasteiger partial charge is 0.221 e. The van der Waals surface area contributed by atoms with Crippen molar-refractivity contribution in [2.75, 3.05) is 19.5 Å². The van der Waals surface area contributed by atoms with Gasteiger partial charge in [0.25, 0.3) is 0 Å². The quantitative estimate of drug-likeness (QED) is 0.706. The zero-order chi connectivity index (χ0) is 17.2. The van der Waals surface area contributed by atoms with Crippen LogP contribution in [0.4, 0.5) is 4.39 Å². The van der Waals surface area contributed by atoms with Crippen LogP contribution in [-0.4, -0.2) is 30.4 Å². The lowest BCUT2D eigenvalue weighted by Gasteiger charge is -2.17. The standard InChI is InChI=1S/C18H21FN2O2S/c1-23-12-17(16-4-2-3-10-20-16)21-18(22)9-11-24-13-14-5-7-15(19)8-6-14/h2-8,10,17H,9,11-13H2,1H3,(H,21,22)/t17-/m1/s1. The van der Waals surface area contributed by atoms with Gasteiger partial charge in [-0.3, -0.25) is 9.78 Å². The van der Waals surface area contributed by atoms with Crippen LogP contribution in [0.3, 0.4) is 0 Å². The molecule has 2 rings (SSSR count). The third-order valence-corrected chi connectivity index (χ3v) is 4.40. The van der Waals surface area contributed by atoms with Crippen molar-refractivity contribution in [3.05, 3.63) is 65.7 Å². The Morgan fingerprint density at radius 2 is 2.08 bits per heavy atom. The highest BCUT2D eigenvalue weighted by atomic mass is 32.2. The van der Waals surface area contributed by atoms with Gasteiger partial charge in [-0.15, -0.1) is 0 Å². The first-order valence-electron chi connectivity index (χ1n) is 7.70. The summed E-state index contributed by atoms with van der Waals surface area (Å²) in [5, 5.41) is 2.95. The number of methoxy groups -OCH3 is 1. The number of amides is 1. The van der Waals surface area contributed by atoms with Crippen LogP contribution in [0.5, 0.6) is 0 Å². The Labute approximate surface area is 145 Å². The van der Waals surface area contributed by atoms with E-state index in [1.165, 1.54) is 12.1 Å². The fraction of sp³-hybridized carbons (Fsp3) is 0.333. The van der Waals surface area contributed by atoms with Gasteiger partial charge in [-0.05, 0) is 29.8 Å². The van der Waals surface area contributed by atoms with Crippen LogP contribution in [0.1, 0.15) is 23.7 Å². The second kappa shape index (κ2) is 10.1. The first kappa shape index (κ1) is 18.4. The second-order valence-corrected chi connectivity index (χ2v) is 6.36. The van der Waals surface area contributed by atoms with Crippen LogP contribution in [-0.2, 0) is 15.3 Å². The van der Waals surface area contributed by atoms with Gasteiger partial charge in [0.05, 0.1) is 18.3 Å². The molecule has 6 heteroatoms. The minimum absolute atomic E-state index is 0.0330. The minimum Gasteiger partial charge on any atom is -0.382 e. The monoisotopic (exact) mass is 348 g/mol. The third-order valence-electron chi connectivity index (χ3n) is 3.37. The summed E-state index contributed by atoms with van der Waals surface area (Å²) in [7, 11) is 1.60. The topological polar surface area (TPSA) is 51.2 Å². The van der Waals surface area contributed by atoms with Gasteiger partial charge >= 0.3 is 0 Å². The van der Waals surface area contributed by atoms with E-state index in [1.54, 1.807) is 37.2 Å². The highest BCUT2D eigenvalue weighted by Crippen LogP contribution is 2.15. The van der Waals surface area contributed by atoms with Crippen molar-refractivity contribution in [3.8, 4) is 0 Å². The second-order valence-electron chi connectivity index (χ2n) is 5.26. The number of carbonyl (C=O) groups excluding carboxylic acids is 1. The lowest BCUT2D eigenvalue weighted by atomic mass is 10.2. The van der Waals surface area contributed by atoms with Crippen molar-refractivity contribution in [1.29, 1.82) is 0 Å². The van der Waals surface area contributed by atoms with Crippen molar-refractivity contribution >= 4 is 17.7 Å². The lowest BCUT2D eigenvalue weighted by molar-refractivity contribution is -0.121. The number of nitrogens with zero attached hydrogens (tertiary/aromatic N) is 1. The van der Waals surface area contributed by atoms with E-state index in [4.69, 9.17) is 4.74 Å². The van der Waals surface area contributed by atoms with Crippen LogP contribution in [0.2, 0.25) is 0 Å². The fourth-order valence-corrected chi connectivity index (χ4v) is 3.05. The highest BCUT2D eigenvalue weighted by Gasteiger charge is 2.15. The summed E-state index contributed by atoms with van der Waals surface area (Å²) in [4.78, 5) is 16.4. The van der Waals surface area contributed by atoms with Crippen LogP contribution in [0.25, 0.3) is 0 Å². The maximum absolute atomic E-state index is 12.8. The van der Waals surface area contributed by atoms with Crippen LogP contribution in [0, 0.1) is 5.82 Å². The van der Waals surface area contributed by atoms with Gasteiger partial charge < -0.3 is 10.1 Å². The van der Waals surface area contributed by atoms with E-state index in [0.29, 0.717) is 18.8 Å². The molecule has 0 aliphatic rings. The zero-order valence-corrected chi connectivity index (χ0v) is 14.4. The van der Waals surface area contributed by atoms with E-state index in [1.807, 2.05) is 18.2 Å². The predicted molar refractivity (Wildman–Crippen MR) is 94.2 cm³/mol. The summed E-state index contributed by atoms with van der Waals surface area (Å²) in [6.45, 7) is 0.380. The average molecular weight is 348 g/mol. The molecule has 0 bridgehead atoms. The van der Waals surface area contributed by atoms with Crippen molar-refractivity contribution in [3.63, 3.8) is 0 Å². The number of aromatic nitrogens is 1. The number of nitrogens with one attached hydrogen (secondary N) is 1.